The van der Waals surface area contributed by atoms with Crippen LogP contribution in [0.15, 0.2) is 36.9 Å². The normalized spacial score (nSPS) is 9.80. The highest BCUT2D eigenvalue weighted by molar-refractivity contribution is 5.89. The smallest absolute Gasteiger partial charge is 0.338 e. The largest absolute Gasteiger partial charge is 0.508 e. The first-order valence-electron chi connectivity index (χ1n) is 5.96. The summed E-state index contributed by atoms with van der Waals surface area (Å²) < 4.78 is 14.7. The van der Waals surface area contributed by atoms with E-state index in [4.69, 9.17) is 14.6 Å². The van der Waals surface area contributed by atoms with Gasteiger partial charge in [-0.15, -0.1) is 0 Å². The molecule has 6 nitrogen and oxygen atoms in total. The molecule has 0 unspecified atom stereocenters. The van der Waals surface area contributed by atoms with Crippen molar-refractivity contribution in [2.75, 3.05) is 26.4 Å². The van der Waals surface area contributed by atoms with Crippen LogP contribution < -0.4 is 0 Å². The van der Waals surface area contributed by atoms with Gasteiger partial charge in [0.05, 0.1) is 18.8 Å². The second-order valence-electron chi connectivity index (χ2n) is 3.67. The summed E-state index contributed by atoms with van der Waals surface area (Å²) in [6.07, 6.45) is 1.07. The summed E-state index contributed by atoms with van der Waals surface area (Å²) in [5.41, 5.74) is 0.350. The highest BCUT2D eigenvalue weighted by Crippen LogP contribution is 2.10. The molecule has 0 spiro atoms. The molecule has 0 heterocycles. The van der Waals surface area contributed by atoms with Crippen LogP contribution in [-0.2, 0) is 19.0 Å². The minimum Gasteiger partial charge on any atom is -0.508 e. The number of rotatable bonds is 8. The average molecular weight is 280 g/mol. The monoisotopic (exact) mass is 280 g/mol. The Balaban J connectivity index is 2.09. The summed E-state index contributed by atoms with van der Waals surface area (Å²) in [4.78, 5) is 22.2. The molecule has 1 N–H and O–H groups in total. The Bertz CT molecular complexity index is 451. The zero-order valence-electron chi connectivity index (χ0n) is 10.9. The molecule has 0 amide bonds. The number of carbonyl (C=O) groups excluding carboxylic acids is 2. The maximum atomic E-state index is 11.5. The van der Waals surface area contributed by atoms with Gasteiger partial charge in [-0.2, -0.15) is 0 Å². The van der Waals surface area contributed by atoms with Crippen LogP contribution in [0.4, 0.5) is 0 Å². The molecule has 0 saturated heterocycles. The Labute approximate surface area is 116 Å². The molecule has 0 aliphatic heterocycles. The van der Waals surface area contributed by atoms with Crippen LogP contribution in [0, 0.1) is 0 Å². The molecular weight excluding hydrogens is 264 g/mol. The summed E-state index contributed by atoms with van der Waals surface area (Å²) in [7, 11) is 0. The van der Waals surface area contributed by atoms with E-state index >= 15 is 0 Å². The SMILES string of the molecule is C=CC(=O)OCCOCCOC(=O)c1ccc(O)cc1. The van der Waals surface area contributed by atoms with Gasteiger partial charge in [-0.05, 0) is 24.3 Å². The van der Waals surface area contributed by atoms with Gasteiger partial charge in [0.25, 0.3) is 0 Å². The zero-order valence-corrected chi connectivity index (χ0v) is 10.9. The Hall–Kier alpha value is -2.34. The number of ether oxygens (including phenoxy) is 3. The number of hydrogen-bond donors (Lipinski definition) is 1. The van der Waals surface area contributed by atoms with E-state index in [9.17, 15) is 9.59 Å². The van der Waals surface area contributed by atoms with Crippen LogP contribution in [-0.4, -0.2) is 43.5 Å². The first-order valence-corrected chi connectivity index (χ1v) is 5.96. The third kappa shape index (κ3) is 6.01. The third-order valence-corrected chi connectivity index (χ3v) is 2.20. The minimum absolute atomic E-state index is 0.0824. The zero-order chi connectivity index (χ0) is 14.8. The van der Waals surface area contributed by atoms with E-state index in [1.54, 1.807) is 0 Å². The van der Waals surface area contributed by atoms with Gasteiger partial charge in [0.1, 0.15) is 19.0 Å². The van der Waals surface area contributed by atoms with E-state index < -0.39 is 11.9 Å². The molecule has 0 aliphatic carbocycles. The third-order valence-electron chi connectivity index (χ3n) is 2.20. The van der Waals surface area contributed by atoms with Crippen LogP contribution in [0.1, 0.15) is 10.4 Å². The van der Waals surface area contributed by atoms with Crippen LogP contribution in [0.3, 0.4) is 0 Å². The predicted octanol–water partition coefficient (Wildman–Crippen LogP) is 1.29. The number of phenolic OH excluding ortho intramolecular Hbond substituents is 1. The molecule has 0 atom stereocenters. The van der Waals surface area contributed by atoms with Crippen molar-refractivity contribution in [1.82, 2.24) is 0 Å². The molecule has 0 fully saturated rings. The summed E-state index contributed by atoms with van der Waals surface area (Å²) in [5, 5.41) is 9.08. The van der Waals surface area contributed by atoms with Gasteiger partial charge in [0.2, 0.25) is 0 Å². The fourth-order valence-electron chi connectivity index (χ4n) is 1.24. The van der Waals surface area contributed by atoms with Crippen molar-refractivity contribution in [2.45, 2.75) is 0 Å². The fraction of sp³-hybridized carbons (Fsp3) is 0.286. The minimum atomic E-state index is -0.507. The van der Waals surface area contributed by atoms with Crippen molar-refractivity contribution in [3.05, 3.63) is 42.5 Å². The lowest BCUT2D eigenvalue weighted by molar-refractivity contribution is -0.139. The molecule has 0 saturated carbocycles. The van der Waals surface area contributed by atoms with Crippen molar-refractivity contribution in [1.29, 1.82) is 0 Å². The maximum absolute atomic E-state index is 11.5. The summed E-state index contributed by atoms with van der Waals surface area (Å²) in [6, 6.07) is 5.74. The highest BCUT2D eigenvalue weighted by Gasteiger charge is 2.06. The Morgan fingerprint density at radius 1 is 1.05 bits per heavy atom. The lowest BCUT2D eigenvalue weighted by atomic mass is 10.2. The second kappa shape index (κ2) is 8.71. The van der Waals surface area contributed by atoms with Gasteiger partial charge in [0.15, 0.2) is 0 Å². The second-order valence-corrected chi connectivity index (χ2v) is 3.67. The number of benzene rings is 1. The number of carbonyl (C=O) groups is 2. The molecule has 108 valence electrons. The molecule has 1 rings (SSSR count). The predicted molar refractivity (Wildman–Crippen MR) is 70.4 cm³/mol. The Morgan fingerprint density at radius 2 is 1.65 bits per heavy atom. The molecule has 1 aromatic carbocycles. The summed E-state index contributed by atoms with van der Waals surface area (Å²) >= 11 is 0. The fourth-order valence-corrected chi connectivity index (χ4v) is 1.24. The van der Waals surface area contributed by atoms with Gasteiger partial charge < -0.3 is 19.3 Å². The molecule has 0 aromatic heterocycles. The number of esters is 2. The van der Waals surface area contributed by atoms with Gasteiger partial charge >= 0.3 is 11.9 Å². The van der Waals surface area contributed by atoms with E-state index in [1.807, 2.05) is 0 Å². The number of hydrogen-bond acceptors (Lipinski definition) is 6. The van der Waals surface area contributed by atoms with Crippen molar-refractivity contribution in [3.63, 3.8) is 0 Å². The molecule has 1 aromatic rings. The van der Waals surface area contributed by atoms with E-state index in [-0.39, 0.29) is 32.2 Å². The lowest BCUT2D eigenvalue weighted by Gasteiger charge is -2.06. The molecule has 0 bridgehead atoms. The van der Waals surface area contributed by atoms with E-state index in [2.05, 4.69) is 11.3 Å². The Kier molecular flexibility index (Phi) is 6.84. The van der Waals surface area contributed by atoms with Crippen molar-refractivity contribution in [3.8, 4) is 5.75 Å². The van der Waals surface area contributed by atoms with Crippen LogP contribution in [0.25, 0.3) is 0 Å². The number of phenols is 1. The first-order chi connectivity index (χ1) is 9.63. The van der Waals surface area contributed by atoms with Crippen LogP contribution in [0.5, 0.6) is 5.75 Å². The van der Waals surface area contributed by atoms with Gasteiger partial charge in [-0.25, -0.2) is 9.59 Å². The topological polar surface area (TPSA) is 82.1 Å². The van der Waals surface area contributed by atoms with Crippen molar-refractivity contribution < 1.29 is 28.9 Å². The molecule has 6 heteroatoms. The van der Waals surface area contributed by atoms with E-state index in [0.717, 1.165) is 6.08 Å². The van der Waals surface area contributed by atoms with E-state index in [0.29, 0.717) is 5.56 Å². The van der Waals surface area contributed by atoms with Gasteiger partial charge in [-0.1, -0.05) is 6.58 Å². The van der Waals surface area contributed by atoms with Gasteiger partial charge in [-0.3, -0.25) is 0 Å². The Morgan fingerprint density at radius 3 is 2.25 bits per heavy atom. The van der Waals surface area contributed by atoms with E-state index in [1.165, 1.54) is 24.3 Å². The molecule has 0 aliphatic rings. The average Bonchev–Trinajstić information content (AvgIpc) is 2.46. The molecule has 20 heavy (non-hydrogen) atoms. The maximum Gasteiger partial charge on any atom is 0.338 e. The highest BCUT2D eigenvalue weighted by atomic mass is 16.6. The van der Waals surface area contributed by atoms with Crippen molar-refractivity contribution in [2.24, 2.45) is 0 Å². The van der Waals surface area contributed by atoms with Crippen molar-refractivity contribution >= 4 is 11.9 Å². The first kappa shape index (κ1) is 15.7. The molecular formula is C14H16O6. The van der Waals surface area contributed by atoms with Crippen LogP contribution in [0.2, 0.25) is 0 Å². The standard InChI is InChI=1S/C14H16O6/c1-2-13(16)19-9-7-18-8-10-20-14(17)11-3-5-12(15)6-4-11/h2-6,15H,1,7-10H2. The molecule has 0 radical (unpaired) electrons. The van der Waals surface area contributed by atoms with Crippen LogP contribution >= 0.6 is 0 Å². The number of aromatic hydroxyl groups is 1. The van der Waals surface area contributed by atoms with Gasteiger partial charge in [0, 0.05) is 6.08 Å². The quantitative estimate of drug-likeness (QED) is 0.439. The summed E-state index contributed by atoms with van der Waals surface area (Å²) in [5.74, 6) is -0.919. The lowest BCUT2D eigenvalue weighted by Crippen LogP contribution is -2.14. The summed E-state index contributed by atoms with van der Waals surface area (Å²) in [6.45, 7) is 3.89.